The Balaban J connectivity index is 3.07. The van der Waals surface area contributed by atoms with Gasteiger partial charge < -0.3 is 0 Å². The summed E-state index contributed by atoms with van der Waals surface area (Å²) in [6, 6.07) is 6.41. The molecule has 0 heterocycles. The zero-order chi connectivity index (χ0) is 11.5. The number of nitrogens with two attached hydrogens (primary N) is 1. The lowest BCUT2D eigenvalue weighted by atomic mass is 10.2. The van der Waals surface area contributed by atoms with Gasteiger partial charge >= 0.3 is 0 Å². The lowest BCUT2D eigenvalue weighted by Gasteiger charge is -2.13. The Kier molecular flexibility index (Phi) is 3.48. The Labute approximate surface area is 89.7 Å². The molecule has 80 valence electrons. The molecule has 5 heteroatoms. The van der Waals surface area contributed by atoms with Crippen LogP contribution in [0, 0.1) is 19.3 Å². The summed E-state index contributed by atoms with van der Waals surface area (Å²) in [4.78, 5) is 0.144. The number of hydrogen-bond donors (Lipinski definition) is 1. The van der Waals surface area contributed by atoms with Gasteiger partial charge in [-0.2, -0.15) is 0 Å². The average Bonchev–Trinajstić information content (AvgIpc) is 2.18. The quantitative estimate of drug-likeness (QED) is 0.462. The van der Waals surface area contributed by atoms with E-state index in [4.69, 9.17) is 12.3 Å². The molecule has 0 saturated heterocycles. The second-order valence-corrected chi connectivity index (χ2v) is 4.96. The van der Waals surface area contributed by atoms with Crippen LogP contribution in [-0.4, -0.2) is 19.4 Å². The van der Waals surface area contributed by atoms with E-state index in [-0.39, 0.29) is 11.4 Å². The summed E-state index contributed by atoms with van der Waals surface area (Å²) >= 11 is 0. The molecule has 0 aliphatic heterocycles. The molecule has 0 fully saturated rings. The molecule has 0 saturated carbocycles. The monoisotopic (exact) mass is 224 g/mol. The van der Waals surface area contributed by atoms with Crippen molar-refractivity contribution in [3.05, 3.63) is 29.8 Å². The number of sulfonamides is 1. The van der Waals surface area contributed by atoms with Gasteiger partial charge in [0.1, 0.15) is 0 Å². The summed E-state index contributed by atoms with van der Waals surface area (Å²) in [5.74, 6) is 7.51. The van der Waals surface area contributed by atoms with Crippen LogP contribution in [-0.2, 0) is 10.0 Å². The van der Waals surface area contributed by atoms with Gasteiger partial charge in [0.15, 0.2) is 0 Å². The largest absolute Gasteiger partial charge is 0.256 e. The summed E-state index contributed by atoms with van der Waals surface area (Å²) in [7, 11) is -3.65. The standard InChI is InChI=1S/C10H12N2O2S/c1-3-8-12(11)15(13,14)10-6-4-9(2)5-7-10/h1,4-7H,8,11H2,2H3. The van der Waals surface area contributed by atoms with Crippen molar-refractivity contribution in [2.24, 2.45) is 5.84 Å². The fourth-order valence-electron chi connectivity index (χ4n) is 1.02. The van der Waals surface area contributed by atoms with Crippen LogP contribution < -0.4 is 5.84 Å². The van der Waals surface area contributed by atoms with Gasteiger partial charge in [-0.15, -0.1) is 10.8 Å². The maximum absolute atomic E-state index is 11.7. The third-order valence-electron chi connectivity index (χ3n) is 1.87. The Bertz CT molecular complexity index is 471. The van der Waals surface area contributed by atoms with Gasteiger partial charge in [0, 0.05) is 0 Å². The first-order chi connectivity index (χ1) is 6.98. The highest BCUT2D eigenvalue weighted by Gasteiger charge is 2.19. The minimum Gasteiger partial charge on any atom is -0.254 e. The van der Waals surface area contributed by atoms with Crippen molar-refractivity contribution >= 4 is 10.0 Å². The number of aryl methyl sites for hydroxylation is 1. The van der Waals surface area contributed by atoms with Crippen molar-refractivity contribution in [2.45, 2.75) is 11.8 Å². The van der Waals surface area contributed by atoms with Crippen LogP contribution in [0.3, 0.4) is 0 Å². The molecule has 1 aromatic rings. The second-order valence-electron chi connectivity index (χ2n) is 3.07. The molecule has 0 radical (unpaired) electrons. The number of nitrogens with zero attached hydrogens (tertiary/aromatic N) is 1. The van der Waals surface area contributed by atoms with E-state index < -0.39 is 10.0 Å². The van der Waals surface area contributed by atoms with Gasteiger partial charge in [-0.05, 0) is 19.1 Å². The van der Waals surface area contributed by atoms with Crippen molar-refractivity contribution in [3.63, 3.8) is 0 Å². The van der Waals surface area contributed by atoms with Crippen LogP contribution in [0.4, 0.5) is 0 Å². The van der Waals surface area contributed by atoms with Crippen LogP contribution in [0.1, 0.15) is 5.56 Å². The first kappa shape index (κ1) is 11.7. The summed E-state index contributed by atoms with van der Waals surface area (Å²) < 4.78 is 24.1. The highest BCUT2D eigenvalue weighted by molar-refractivity contribution is 7.89. The molecule has 1 rings (SSSR count). The van der Waals surface area contributed by atoms with Gasteiger partial charge in [0.25, 0.3) is 10.0 Å². The number of hydrogen-bond acceptors (Lipinski definition) is 3. The predicted molar refractivity (Wildman–Crippen MR) is 58.1 cm³/mol. The van der Waals surface area contributed by atoms with Crippen LogP contribution in [0.5, 0.6) is 0 Å². The fourth-order valence-corrected chi connectivity index (χ4v) is 2.02. The molecule has 0 aliphatic rings. The SMILES string of the molecule is C#CCN(N)S(=O)(=O)c1ccc(C)cc1. The minimum atomic E-state index is -3.65. The third-order valence-corrected chi connectivity index (χ3v) is 3.49. The molecular weight excluding hydrogens is 212 g/mol. The van der Waals surface area contributed by atoms with E-state index >= 15 is 0 Å². The van der Waals surface area contributed by atoms with E-state index in [0.717, 1.165) is 5.56 Å². The number of hydrazine groups is 1. The van der Waals surface area contributed by atoms with Crippen molar-refractivity contribution in [2.75, 3.05) is 6.54 Å². The van der Waals surface area contributed by atoms with E-state index in [2.05, 4.69) is 5.92 Å². The highest BCUT2D eigenvalue weighted by atomic mass is 32.2. The molecule has 4 nitrogen and oxygen atoms in total. The predicted octanol–water partition coefficient (Wildman–Crippen LogP) is 0.493. The number of terminal acetylenes is 1. The lowest BCUT2D eigenvalue weighted by Crippen LogP contribution is -2.37. The molecule has 0 unspecified atom stereocenters. The van der Waals surface area contributed by atoms with E-state index in [1.807, 2.05) is 6.92 Å². The van der Waals surface area contributed by atoms with Crippen molar-refractivity contribution in [1.82, 2.24) is 4.41 Å². The van der Waals surface area contributed by atoms with E-state index in [9.17, 15) is 8.42 Å². The fraction of sp³-hybridized carbons (Fsp3) is 0.200. The number of benzene rings is 1. The van der Waals surface area contributed by atoms with E-state index in [1.165, 1.54) is 12.1 Å². The number of rotatable bonds is 3. The maximum atomic E-state index is 11.7. The summed E-state index contributed by atoms with van der Waals surface area (Å²) in [5, 5.41) is 0. The molecule has 0 aromatic heterocycles. The zero-order valence-corrected chi connectivity index (χ0v) is 9.16. The Hall–Kier alpha value is -1.35. The molecular formula is C10H12N2O2S. The first-order valence-corrected chi connectivity index (χ1v) is 5.70. The summed E-state index contributed by atoms with van der Waals surface area (Å²) in [6.07, 6.45) is 4.99. The molecule has 2 N–H and O–H groups in total. The molecule has 0 atom stereocenters. The van der Waals surface area contributed by atoms with E-state index in [0.29, 0.717) is 4.41 Å². The molecule has 0 bridgehead atoms. The zero-order valence-electron chi connectivity index (χ0n) is 8.34. The highest BCUT2D eigenvalue weighted by Crippen LogP contribution is 2.13. The van der Waals surface area contributed by atoms with Gasteiger partial charge in [0.05, 0.1) is 11.4 Å². The van der Waals surface area contributed by atoms with Crippen molar-refractivity contribution in [1.29, 1.82) is 0 Å². The summed E-state index contributed by atoms with van der Waals surface area (Å²) in [6.45, 7) is 1.73. The molecule has 0 aliphatic carbocycles. The summed E-state index contributed by atoms with van der Waals surface area (Å²) in [5.41, 5.74) is 0.981. The minimum absolute atomic E-state index is 0.143. The maximum Gasteiger partial charge on any atom is 0.256 e. The Morgan fingerprint density at radius 1 is 1.40 bits per heavy atom. The molecule has 0 spiro atoms. The van der Waals surface area contributed by atoms with Crippen LogP contribution in [0.2, 0.25) is 0 Å². The Morgan fingerprint density at radius 3 is 2.40 bits per heavy atom. The normalized spacial score (nSPS) is 11.3. The van der Waals surface area contributed by atoms with Gasteiger partial charge in [0.2, 0.25) is 0 Å². The first-order valence-electron chi connectivity index (χ1n) is 4.26. The van der Waals surface area contributed by atoms with Gasteiger partial charge in [-0.3, -0.25) is 5.84 Å². The van der Waals surface area contributed by atoms with Gasteiger partial charge in [-0.25, -0.2) is 8.42 Å². The molecule has 0 amide bonds. The van der Waals surface area contributed by atoms with Gasteiger partial charge in [-0.1, -0.05) is 23.6 Å². The molecule has 15 heavy (non-hydrogen) atoms. The van der Waals surface area contributed by atoms with Crippen LogP contribution >= 0.6 is 0 Å². The van der Waals surface area contributed by atoms with Crippen molar-refractivity contribution in [3.8, 4) is 12.3 Å². The van der Waals surface area contributed by atoms with Crippen molar-refractivity contribution < 1.29 is 8.42 Å². The van der Waals surface area contributed by atoms with Crippen LogP contribution in [0.25, 0.3) is 0 Å². The van der Waals surface area contributed by atoms with Crippen LogP contribution in [0.15, 0.2) is 29.2 Å². The average molecular weight is 224 g/mol. The van der Waals surface area contributed by atoms with E-state index in [1.54, 1.807) is 12.1 Å². The molecule has 1 aromatic carbocycles. The lowest BCUT2D eigenvalue weighted by molar-refractivity contribution is 0.463. The smallest absolute Gasteiger partial charge is 0.254 e. The Morgan fingerprint density at radius 2 is 1.93 bits per heavy atom. The third kappa shape index (κ3) is 2.57. The second kappa shape index (κ2) is 4.45. The topological polar surface area (TPSA) is 63.4 Å².